The van der Waals surface area contributed by atoms with Crippen molar-refractivity contribution in [2.24, 2.45) is 7.05 Å². The molecule has 0 aliphatic heterocycles. The lowest BCUT2D eigenvalue weighted by atomic mass is 10.2. The third-order valence-electron chi connectivity index (χ3n) is 1.96. The Morgan fingerprint density at radius 2 is 1.81 bits per heavy atom. The van der Waals surface area contributed by atoms with E-state index in [0.717, 1.165) is 0 Å². The minimum absolute atomic E-state index is 0.162. The lowest BCUT2D eigenvalue weighted by Crippen LogP contribution is -2.28. The molecule has 0 spiro atoms. The van der Waals surface area contributed by atoms with Gasteiger partial charge in [-0.3, -0.25) is 14.3 Å². The van der Waals surface area contributed by atoms with Gasteiger partial charge < -0.3 is 10.6 Å². The highest BCUT2D eigenvalue weighted by molar-refractivity contribution is 6.05. The van der Waals surface area contributed by atoms with Crippen LogP contribution in [0.25, 0.3) is 0 Å². The van der Waals surface area contributed by atoms with Crippen LogP contribution in [0.2, 0.25) is 0 Å². The Balaban J connectivity index is 2.99. The average Bonchev–Trinajstić information content (AvgIpc) is 2.61. The van der Waals surface area contributed by atoms with Crippen LogP contribution in [0.1, 0.15) is 34.7 Å². The summed E-state index contributed by atoms with van der Waals surface area (Å²) in [5, 5.41) is 9.23. The smallest absolute Gasteiger partial charge is 0.272 e. The number of aromatic nitrogens is 2. The molecule has 0 unspecified atom stereocenters. The normalized spacial score (nSPS) is 9.94. The number of nitrogens with one attached hydrogen (secondary N) is 2. The lowest BCUT2D eigenvalue weighted by molar-refractivity contribution is 0.0919. The molecular weight excluding hydrogens is 208 g/mol. The van der Waals surface area contributed by atoms with Crippen LogP contribution in [-0.2, 0) is 7.05 Å². The van der Waals surface area contributed by atoms with Crippen LogP contribution in [0, 0.1) is 0 Å². The minimum Gasteiger partial charge on any atom is -0.352 e. The van der Waals surface area contributed by atoms with E-state index in [2.05, 4.69) is 15.7 Å². The van der Waals surface area contributed by atoms with E-state index in [0.29, 0.717) is 18.7 Å². The molecule has 0 saturated heterocycles. The summed E-state index contributed by atoms with van der Waals surface area (Å²) in [6.07, 6.45) is 1.54. The van der Waals surface area contributed by atoms with Crippen molar-refractivity contribution in [2.75, 3.05) is 13.1 Å². The molecule has 6 heteroatoms. The van der Waals surface area contributed by atoms with E-state index in [-0.39, 0.29) is 17.5 Å². The molecule has 0 radical (unpaired) electrons. The predicted molar refractivity (Wildman–Crippen MR) is 59.2 cm³/mol. The average molecular weight is 224 g/mol. The largest absolute Gasteiger partial charge is 0.352 e. The summed E-state index contributed by atoms with van der Waals surface area (Å²) in [5.41, 5.74) is 0.464. The fourth-order valence-corrected chi connectivity index (χ4v) is 1.32. The van der Waals surface area contributed by atoms with Gasteiger partial charge >= 0.3 is 0 Å². The number of aryl methyl sites for hydroxylation is 1. The molecule has 16 heavy (non-hydrogen) atoms. The van der Waals surface area contributed by atoms with E-state index in [1.165, 1.54) is 10.9 Å². The van der Waals surface area contributed by atoms with Crippen LogP contribution in [0.15, 0.2) is 6.20 Å². The molecule has 6 nitrogen and oxygen atoms in total. The fourth-order valence-electron chi connectivity index (χ4n) is 1.32. The monoisotopic (exact) mass is 224 g/mol. The van der Waals surface area contributed by atoms with Gasteiger partial charge in [0.05, 0.1) is 5.56 Å². The van der Waals surface area contributed by atoms with Gasteiger partial charge in [-0.1, -0.05) is 0 Å². The second-order valence-corrected chi connectivity index (χ2v) is 3.28. The number of hydrogen-bond donors (Lipinski definition) is 2. The molecule has 0 aromatic carbocycles. The molecule has 0 saturated carbocycles. The third-order valence-corrected chi connectivity index (χ3v) is 1.96. The first-order valence-electron chi connectivity index (χ1n) is 5.20. The summed E-state index contributed by atoms with van der Waals surface area (Å²) < 4.78 is 1.45. The van der Waals surface area contributed by atoms with Gasteiger partial charge in [0, 0.05) is 26.3 Å². The maximum Gasteiger partial charge on any atom is 0.272 e. The molecule has 1 rings (SSSR count). The zero-order chi connectivity index (χ0) is 12.1. The van der Waals surface area contributed by atoms with Crippen LogP contribution in [-0.4, -0.2) is 34.7 Å². The molecule has 2 amide bonds. The second kappa shape index (κ2) is 5.29. The van der Waals surface area contributed by atoms with Crippen molar-refractivity contribution in [1.82, 2.24) is 20.4 Å². The SMILES string of the molecule is CCNC(=O)c1cn(C)nc1C(=O)NCC. The van der Waals surface area contributed by atoms with Crippen molar-refractivity contribution in [3.05, 3.63) is 17.5 Å². The van der Waals surface area contributed by atoms with Gasteiger partial charge in [0.1, 0.15) is 0 Å². The summed E-state index contributed by atoms with van der Waals surface area (Å²) in [6, 6.07) is 0. The summed E-state index contributed by atoms with van der Waals surface area (Å²) in [5.74, 6) is -0.610. The molecule has 0 aliphatic rings. The molecule has 1 heterocycles. The van der Waals surface area contributed by atoms with Gasteiger partial charge in [0.25, 0.3) is 11.8 Å². The fraction of sp³-hybridized carbons (Fsp3) is 0.500. The van der Waals surface area contributed by atoms with Gasteiger partial charge in [0.15, 0.2) is 5.69 Å². The Bertz CT molecular complexity index is 362. The third kappa shape index (κ3) is 2.59. The first-order valence-corrected chi connectivity index (χ1v) is 5.20. The zero-order valence-electron chi connectivity index (χ0n) is 9.70. The lowest BCUT2D eigenvalue weighted by Gasteiger charge is -2.02. The predicted octanol–water partition coefficient (Wildman–Crippen LogP) is -0.0805. The molecular formula is C10H16N4O2. The highest BCUT2D eigenvalue weighted by Crippen LogP contribution is 2.06. The van der Waals surface area contributed by atoms with Gasteiger partial charge in [-0.2, -0.15) is 5.10 Å². The molecule has 1 aromatic heterocycles. The highest BCUT2D eigenvalue weighted by atomic mass is 16.2. The first kappa shape index (κ1) is 12.2. The molecule has 1 aromatic rings. The summed E-state index contributed by atoms with van der Waals surface area (Å²) >= 11 is 0. The van der Waals surface area contributed by atoms with Crippen molar-refractivity contribution >= 4 is 11.8 Å². The number of amides is 2. The van der Waals surface area contributed by atoms with E-state index in [9.17, 15) is 9.59 Å². The number of nitrogens with zero attached hydrogens (tertiary/aromatic N) is 2. The van der Waals surface area contributed by atoms with E-state index in [1.807, 2.05) is 13.8 Å². The number of rotatable bonds is 4. The highest BCUT2D eigenvalue weighted by Gasteiger charge is 2.20. The van der Waals surface area contributed by atoms with Crippen molar-refractivity contribution in [1.29, 1.82) is 0 Å². The van der Waals surface area contributed by atoms with Crippen molar-refractivity contribution < 1.29 is 9.59 Å². The minimum atomic E-state index is -0.329. The Hall–Kier alpha value is -1.85. The second-order valence-electron chi connectivity index (χ2n) is 3.28. The van der Waals surface area contributed by atoms with Crippen molar-refractivity contribution in [3.8, 4) is 0 Å². The van der Waals surface area contributed by atoms with Crippen LogP contribution in [0.4, 0.5) is 0 Å². The molecule has 0 fully saturated rings. The Morgan fingerprint density at radius 3 is 2.38 bits per heavy atom. The maximum absolute atomic E-state index is 11.6. The van der Waals surface area contributed by atoms with Gasteiger partial charge in [-0.15, -0.1) is 0 Å². The van der Waals surface area contributed by atoms with Gasteiger partial charge in [-0.05, 0) is 13.8 Å². The summed E-state index contributed by atoms with van der Waals surface area (Å²) in [4.78, 5) is 23.3. The first-order chi connectivity index (χ1) is 7.60. The standard InChI is InChI=1S/C10H16N4O2/c1-4-11-9(15)7-6-14(3)13-8(7)10(16)12-5-2/h6H,4-5H2,1-3H3,(H,11,15)(H,12,16). The Kier molecular flexibility index (Phi) is 4.04. The van der Waals surface area contributed by atoms with Crippen molar-refractivity contribution in [2.45, 2.75) is 13.8 Å². The van der Waals surface area contributed by atoms with Gasteiger partial charge in [-0.25, -0.2) is 0 Å². The van der Waals surface area contributed by atoms with Crippen LogP contribution in [0.3, 0.4) is 0 Å². The number of carbonyl (C=O) groups excluding carboxylic acids is 2. The van der Waals surface area contributed by atoms with E-state index in [1.54, 1.807) is 7.05 Å². The molecule has 88 valence electrons. The summed E-state index contributed by atoms with van der Waals surface area (Å²) in [7, 11) is 1.67. The Labute approximate surface area is 94.0 Å². The van der Waals surface area contributed by atoms with E-state index >= 15 is 0 Å². The van der Waals surface area contributed by atoms with Crippen LogP contribution >= 0.6 is 0 Å². The Morgan fingerprint density at radius 1 is 1.25 bits per heavy atom. The van der Waals surface area contributed by atoms with Crippen molar-refractivity contribution in [3.63, 3.8) is 0 Å². The number of hydrogen-bond acceptors (Lipinski definition) is 3. The van der Waals surface area contributed by atoms with E-state index in [4.69, 9.17) is 0 Å². The molecule has 0 atom stereocenters. The topological polar surface area (TPSA) is 76.0 Å². The maximum atomic E-state index is 11.6. The van der Waals surface area contributed by atoms with Crippen LogP contribution < -0.4 is 10.6 Å². The molecule has 2 N–H and O–H groups in total. The number of carbonyl (C=O) groups is 2. The van der Waals surface area contributed by atoms with Gasteiger partial charge in [0.2, 0.25) is 0 Å². The van der Waals surface area contributed by atoms with E-state index < -0.39 is 0 Å². The van der Waals surface area contributed by atoms with Crippen LogP contribution in [0.5, 0.6) is 0 Å². The summed E-state index contributed by atoms with van der Waals surface area (Å²) in [6.45, 7) is 4.65. The quantitative estimate of drug-likeness (QED) is 0.751. The zero-order valence-corrected chi connectivity index (χ0v) is 9.70. The molecule has 0 aliphatic carbocycles. The molecule has 0 bridgehead atoms.